The van der Waals surface area contributed by atoms with E-state index in [1.165, 1.54) is 46.3 Å². The molecule has 1 aromatic carbocycles. The molecule has 0 bridgehead atoms. The van der Waals surface area contributed by atoms with Crippen LogP contribution >= 0.6 is 11.6 Å². The van der Waals surface area contributed by atoms with Crippen LogP contribution in [0.15, 0.2) is 59.8 Å². The number of halogens is 4. The fourth-order valence-electron chi connectivity index (χ4n) is 3.96. The fourth-order valence-corrected chi connectivity index (χ4v) is 4.06. The predicted octanol–water partition coefficient (Wildman–Crippen LogP) is 2.81. The second kappa shape index (κ2) is 10.9. The Hall–Kier alpha value is -3.77. The Kier molecular flexibility index (Phi) is 7.65. The first-order valence-corrected chi connectivity index (χ1v) is 11.2. The molecule has 2 amide bonds. The Labute approximate surface area is 207 Å². The number of alkyl halides is 2. The van der Waals surface area contributed by atoms with Crippen LogP contribution < -0.4 is 16.2 Å². The number of amides is 2. The molecule has 3 heterocycles. The minimum absolute atomic E-state index is 0.0614. The molecule has 2 N–H and O–H groups in total. The second-order valence-corrected chi connectivity index (χ2v) is 8.54. The van der Waals surface area contributed by atoms with Gasteiger partial charge in [-0.25, -0.2) is 23.1 Å². The van der Waals surface area contributed by atoms with Crippen molar-refractivity contribution in [3.63, 3.8) is 0 Å². The van der Waals surface area contributed by atoms with Crippen molar-refractivity contribution in [1.29, 1.82) is 0 Å². The molecule has 188 valence electrons. The van der Waals surface area contributed by atoms with Gasteiger partial charge >= 0.3 is 0 Å². The Morgan fingerprint density at radius 2 is 1.72 bits per heavy atom. The number of benzene rings is 1. The Balaban J connectivity index is 1.52. The average Bonchev–Trinajstić information content (AvgIpc) is 3.25. The third-order valence-corrected chi connectivity index (χ3v) is 5.83. The number of carbonyl (C=O) groups is 2. The number of hydrogen-bond donors (Lipinski definition) is 2. The Bertz CT molecular complexity index is 1320. The zero-order valence-electron chi connectivity index (χ0n) is 18.6. The molecule has 1 fully saturated rings. The van der Waals surface area contributed by atoms with Crippen molar-refractivity contribution >= 4 is 35.1 Å². The van der Waals surface area contributed by atoms with E-state index >= 15 is 0 Å². The van der Waals surface area contributed by atoms with E-state index in [1.807, 2.05) is 0 Å². The minimum Gasteiger partial charge on any atom is -0.323 e. The van der Waals surface area contributed by atoms with Gasteiger partial charge in [-0.15, -0.1) is 0 Å². The zero-order valence-corrected chi connectivity index (χ0v) is 19.3. The molecule has 4 rings (SSSR count). The molecule has 2 aromatic heterocycles. The largest absolute Gasteiger partial charge is 0.323 e. The topological polar surface area (TPSA) is 109 Å². The number of anilines is 2. The van der Waals surface area contributed by atoms with E-state index in [4.69, 9.17) is 11.6 Å². The maximum Gasteiger partial charge on any atom is 0.255 e. The van der Waals surface area contributed by atoms with Gasteiger partial charge in [-0.3, -0.25) is 29.2 Å². The molecule has 3 aromatic rings. The van der Waals surface area contributed by atoms with Crippen molar-refractivity contribution in [2.45, 2.75) is 6.43 Å². The van der Waals surface area contributed by atoms with Crippen LogP contribution in [0, 0.1) is 17.7 Å². The summed E-state index contributed by atoms with van der Waals surface area (Å²) in [6.45, 7) is -0.866. The van der Waals surface area contributed by atoms with Crippen molar-refractivity contribution in [3.8, 4) is 5.69 Å². The molecule has 1 aliphatic heterocycles. The highest BCUT2D eigenvalue weighted by molar-refractivity contribution is 6.30. The number of carbonyl (C=O) groups excluding carboxylic acids is 2. The van der Waals surface area contributed by atoms with Gasteiger partial charge in [0.2, 0.25) is 17.8 Å². The molecule has 0 radical (unpaired) electrons. The van der Waals surface area contributed by atoms with Crippen molar-refractivity contribution < 1.29 is 22.8 Å². The molecular weight excluding hydrogens is 501 g/mol. The van der Waals surface area contributed by atoms with E-state index in [0.717, 1.165) is 6.07 Å². The van der Waals surface area contributed by atoms with Gasteiger partial charge in [0, 0.05) is 31.4 Å². The molecule has 9 nitrogen and oxygen atoms in total. The van der Waals surface area contributed by atoms with Crippen molar-refractivity contribution in [1.82, 2.24) is 19.4 Å². The van der Waals surface area contributed by atoms with Gasteiger partial charge in [0.1, 0.15) is 5.82 Å². The van der Waals surface area contributed by atoms with Gasteiger partial charge in [0.05, 0.1) is 47.2 Å². The van der Waals surface area contributed by atoms with E-state index in [2.05, 4.69) is 20.6 Å². The van der Waals surface area contributed by atoms with Crippen LogP contribution in [0.3, 0.4) is 0 Å². The van der Waals surface area contributed by atoms with Crippen molar-refractivity contribution in [2.75, 3.05) is 30.3 Å². The SMILES string of the molecule is O=C(Nc1ncc(Cl)cn1)[C@H]1CN(CC(F)F)C[C@@H]1C(=O)Nc1ccc(-n2ccccc2=O)cc1F. The average molecular weight is 521 g/mol. The molecule has 0 unspecified atom stereocenters. The second-order valence-electron chi connectivity index (χ2n) is 8.10. The standard InChI is InChI=1S/C23H20ClF3N6O3/c24-13-8-28-23(29-9-13)31-22(36)16-11-32(12-19(26)27)10-15(16)21(35)30-18-5-4-14(7-17(18)25)33-6-2-1-3-20(33)34/h1-9,15-16,19H,10-12H2,(H,30,35)(H,28,29,31,36)/t15-,16-/m0/s1. The lowest BCUT2D eigenvalue weighted by atomic mass is 9.94. The Morgan fingerprint density at radius 1 is 1.06 bits per heavy atom. The molecular formula is C23H20ClF3N6O3. The highest BCUT2D eigenvalue weighted by Crippen LogP contribution is 2.28. The number of aromatic nitrogens is 3. The summed E-state index contributed by atoms with van der Waals surface area (Å²) >= 11 is 5.73. The third kappa shape index (κ3) is 5.89. The monoisotopic (exact) mass is 520 g/mol. The zero-order chi connectivity index (χ0) is 25.8. The smallest absolute Gasteiger partial charge is 0.255 e. The molecule has 36 heavy (non-hydrogen) atoms. The van der Waals surface area contributed by atoms with E-state index in [-0.39, 0.29) is 41.0 Å². The van der Waals surface area contributed by atoms with Crippen LogP contribution in [0.4, 0.5) is 24.8 Å². The number of likely N-dealkylation sites (tertiary alicyclic amines) is 1. The van der Waals surface area contributed by atoms with E-state index in [9.17, 15) is 27.6 Å². The first-order chi connectivity index (χ1) is 17.2. The molecule has 13 heteroatoms. The van der Waals surface area contributed by atoms with Crippen LogP contribution in [0.5, 0.6) is 0 Å². The number of nitrogens with one attached hydrogen (secondary N) is 2. The summed E-state index contributed by atoms with van der Waals surface area (Å²) in [5, 5.41) is 5.14. The molecule has 2 atom stereocenters. The lowest BCUT2D eigenvalue weighted by Crippen LogP contribution is -2.36. The number of nitrogens with zero attached hydrogens (tertiary/aromatic N) is 4. The summed E-state index contributed by atoms with van der Waals surface area (Å²) < 4.78 is 42.0. The first-order valence-electron chi connectivity index (χ1n) is 10.8. The first kappa shape index (κ1) is 25.3. The lowest BCUT2D eigenvalue weighted by molar-refractivity contribution is -0.127. The van der Waals surface area contributed by atoms with Gasteiger partial charge in [-0.2, -0.15) is 0 Å². The highest BCUT2D eigenvalue weighted by Gasteiger charge is 2.42. The summed E-state index contributed by atoms with van der Waals surface area (Å²) in [4.78, 5) is 46.9. The van der Waals surface area contributed by atoms with E-state index < -0.39 is 42.4 Å². The summed E-state index contributed by atoms with van der Waals surface area (Å²) in [6.07, 6.45) is 1.34. The van der Waals surface area contributed by atoms with Gasteiger partial charge in [-0.05, 0) is 18.2 Å². The highest BCUT2D eigenvalue weighted by atomic mass is 35.5. The lowest BCUT2D eigenvalue weighted by Gasteiger charge is -2.18. The maximum atomic E-state index is 14.8. The summed E-state index contributed by atoms with van der Waals surface area (Å²) in [7, 11) is 0. The van der Waals surface area contributed by atoms with Crippen LogP contribution in [-0.2, 0) is 9.59 Å². The number of pyridine rings is 1. The molecule has 1 aliphatic rings. The normalized spacial score (nSPS) is 17.8. The van der Waals surface area contributed by atoms with Crippen LogP contribution in [0.1, 0.15) is 0 Å². The van der Waals surface area contributed by atoms with E-state index in [0.29, 0.717) is 0 Å². The van der Waals surface area contributed by atoms with Gasteiger partial charge in [-0.1, -0.05) is 17.7 Å². The Morgan fingerprint density at radius 3 is 2.33 bits per heavy atom. The molecule has 0 aliphatic carbocycles. The van der Waals surface area contributed by atoms with Crippen LogP contribution in [-0.4, -0.2) is 57.3 Å². The molecule has 0 saturated carbocycles. The van der Waals surface area contributed by atoms with E-state index in [1.54, 1.807) is 12.1 Å². The number of hydrogen-bond acceptors (Lipinski definition) is 6. The quantitative estimate of drug-likeness (QED) is 0.496. The third-order valence-electron chi connectivity index (χ3n) is 5.63. The summed E-state index contributed by atoms with van der Waals surface area (Å²) in [6, 6.07) is 8.29. The fraction of sp³-hybridized carbons (Fsp3) is 0.261. The van der Waals surface area contributed by atoms with Crippen LogP contribution in [0.2, 0.25) is 5.02 Å². The van der Waals surface area contributed by atoms with Gasteiger partial charge in [0.15, 0.2) is 0 Å². The van der Waals surface area contributed by atoms with Gasteiger partial charge in [0.25, 0.3) is 12.0 Å². The predicted molar refractivity (Wildman–Crippen MR) is 126 cm³/mol. The van der Waals surface area contributed by atoms with Crippen molar-refractivity contribution in [3.05, 3.63) is 76.2 Å². The number of rotatable bonds is 7. The minimum atomic E-state index is -2.67. The van der Waals surface area contributed by atoms with Crippen LogP contribution in [0.25, 0.3) is 5.69 Å². The summed E-state index contributed by atoms with van der Waals surface area (Å²) in [5.74, 6) is -4.30. The molecule has 0 spiro atoms. The van der Waals surface area contributed by atoms with Crippen molar-refractivity contribution in [2.24, 2.45) is 11.8 Å². The van der Waals surface area contributed by atoms with Gasteiger partial charge < -0.3 is 5.32 Å². The summed E-state index contributed by atoms with van der Waals surface area (Å²) in [5.41, 5.74) is -0.294. The maximum absolute atomic E-state index is 14.8. The molecule has 1 saturated heterocycles.